The molecule has 0 aromatic heterocycles. The largest absolute Gasteiger partial charge is 0.492 e. The lowest BCUT2D eigenvalue weighted by atomic mass is 9.80. The standard InChI is InChI=1S/C27H31N3O8/c1-16-23(26(32)36-3)25(24(17(2)29-16)27(33)37-4)20-14-19(30(34)35)10-11-22(20)38-13-12-28-15-21(31)18-8-6-5-7-9-18/h5-11,14,21,25,28-29,31H,12-13,15H2,1-4H3. The fourth-order valence-corrected chi connectivity index (χ4v) is 4.34. The second-order valence-corrected chi connectivity index (χ2v) is 8.58. The molecule has 0 aliphatic carbocycles. The maximum atomic E-state index is 12.8. The van der Waals surface area contributed by atoms with Gasteiger partial charge in [-0.05, 0) is 25.5 Å². The number of aliphatic hydroxyl groups excluding tert-OH is 1. The summed E-state index contributed by atoms with van der Waals surface area (Å²) in [4.78, 5) is 36.7. The molecular formula is C27H31N3O8. The van der Waals surface area contributed by atoms with Gasteiger partial charge < -0.3 is 30.0 Å². The summed E-state index contributed by atoms with van der Waals surface area (Å²) in [6.07, 6.45) is -0.702. The van der Waals surface area contributed by atoms with Crippen molar-refractivity contribution in [1.29, 1.82) is 0 Å². The maximum absolute atomic E-state index is 12.8. The van der Waals surface area contributed by atoms with Crippen LogP contribution in [0.1, 0.15) is 37.0 Å². The van der Waals surface area contributed by atoms with Crippen LogP contribution in [0.2, 0.25) is 0 Å². The van der Waals surface area contributed by atoms with Crippen molar-refractivity contribution in [2.75, 3.05) is 33.9 Å². The highest BCUT2D eigenvalue weighted by atomic mass is 16.6. The number of esters is 2. The number of benzene rings is 2. The van der Waals surface area contributed by atoms with Gasteiger partial charge in [-0.2, -0.15) is 0 Å². The van der Waals surface area contributed by atoms with E-state index in [1.807, 2.05) is 30.3 Å². The van der Waals surface area contributed by atoms with Crippen LogP contribution < -0.4 is 15.4 Å². The fourth-order valence-electron chi connectivity index (χ4n) is 4.34. The van der Waals surface area contributed by atoms with Gasteiger partial charge in [0, 0.05) is 42.2 Å². The Morgan fingerprint density at radius 1 is 1.05 bits per heavy atom. The Kier molecular flexibility index (Phi) is 9.58. The van der Waals surface area contributed by atoms with Crippen LogP contribution >= 0.6 is 0 Å². The van der Waals surface area contributed by atoms with Crippen LogP contribution in [-0.2, 0) is 19.1 Å². The molecule has 3 rings (SSSR count). The summed E-state index contributed by atoms with van der Waals surface area (Å²) in [6, 6.07) is 13.2. The SMILES string of the molecule is COC(=O)C1=C(C)NC(C)=C(C(=O)OC)C1c1cc([N+](=O)[O-])ccc1OCCNCC(O)c1ccccc1. The van der Waals surface area contributed by atoms with Crippen LogP contribution in [0.25, 0.3) is 0 Å². The second-order valence-electron chi connectivity index (χ2n) is 8.58. The molecule has 0 fully saturated rings. The fraction of sp³-hybridized carbons (Fsp3) is 0.333. The molecule has 0 bridgehead atoms. The van der Waals surface area contributed by atoms with Crippen LogP contribution in [0.15, 0.2) is 71.1 Å². The minimum atomic E-state index is -1.04. The summed E-state index contributed by atoms with van der Waals surface area (Å²) in [6.45, 7) is 4.08. The number of carbonyl (C=O) groups is 2. The Balaban J connectivity index is 1.91. The third-order valence-electron chi connectivity index (χ3n) is 6.14. The molecule has 0 saturated heterocycles. The van der Waals surface area contributed by atoms with Crippen molar-refractivity contribution in [3.05, 3.63) is 92.3 Å². The highest BCUT2D eigenvalue weighted by Crippen LogP contribution is 2.44. The van der Waals surface area contributed by atoms with Crippen LogP contribution in [0, 0.1) is 10.1 Å². The second kappa shape index (κ2) is 12.8. The van der Waals surface area contributed by atoms with E-state index >= 15 is 0 Å². The number of nitrogens with zero attached hydrogens (tertiary/aromatic N) is 1. The molecule has 1 aliphatic rings. The molecule has 1 unspecified atom stereocenters. The number of rotatable bonds is 11. The first-order chi connectivity index (χ1) is 18.2. The van der Waals surface area contributed by atoms with Gasteiger partial charge in [-0.15, -0.1) is 0 Å². The number of allylic oxidation sites excluding steroid dienone is 2. The summed E-state index contributed by atoms with van der Waals surface area (Å²) < 4.78 is 15.9. The van der Waals surface area contributed by atoms with Crippen molar-refractivity contribution in [1.82, 2.24) is 10.6 Å². The molecular weight excluding hydrogens is 494 g/mol. The van der Waals surface area contributed by atoms with Gasteiger partial charge in [0.1, 0.15) is 12.4 Å². The number of nitro benzene ring substituents is 1. The van der Waals surface area contributed by atoms with Crippen molar-refractivity contribution in [3.63, 3.8) is 0 Å². The Morgan fingerprint density at radius 2 is 1.66 bits per heavy atom. The van der Waals surface area contributed by atoms with Crippen molar-refractivity contribution in [2.24, 2.45) is 0 Å². The van der Waals surface area contributed by atoms with Crippen LogP contribution in [0.4, 0.5) is 5.69 Å². The van der Waals surface area contributed by atoms with Crippen molar-refractivity contribution < 1.29 is 33.8 Å². The molecule has 11 heteroatoms. The summed E-state index contributed by atoms with van der Waals surface area (Å²) in [7, 11) is 2.42. The zero-order valence-corrected chi connectivity index (χ0v) is 21.6. The van der Waals surface area contributed by atoms with Crippen LogP contribution in [0.3, 0.4) is 0 Å². The van der Waals surface area contributed by atoms with E-state index in [1.54, 1.807) is 13.8 Å². The number of hydrogen-bond donors (Lipinski definition) is 3. The number of hydrogen-bond acceptors (Lipinski definition) is 10. The lowest BCUT2D eigenvalue weighted by Gasteiger charge is -2.30. The molecule has 2 aromatic rings. The molecule has 38 heavy (non-hydrogen) atoms. The molecule has 0 radical (unpaired) electrons. The summed E-state index contributed by atoms with van der Waals surface area (Å²) in [5, 5.41) is 28.0. The lowest BCUT2D eigenvalue weighted by molar-refractivity contribution is -0.384. The first-order valence-corrected chi connectivity index (χ1v) is 11.9. The van der Waals surface area contributed by atoms with Gasteiger partial charge in [0.2, 0.25) is 0 Å². The molecule has 1 aliphatic heterocycles. The van der Waals surface area contributed by atoms with Crippen LogP contribution in [0.5, 0.6) is 5.75 Å². The summed E-state index contributed by atoms with van der Waals surface area (Å²) in [5.41, 5.74) is 1.85. The van der Waals surface area contributed by atoms with E-state index in [-0.39, 0.29) is 41.3 Å². The number of aliphatic hydroxyl groups is 1. The molecule has 2 aromatic carbocycles. The van der Waals surface area contributed by atoms with Crippen molar-refractivity contribution >= 4 is 17.6 Å². The summed E-state index contributed by atoms with van der Waals surface area (Å²) >= 11 is 0. The van der Waals surface area contributed by atoms with Crippen LogP contribution in [-0.4, -0.2) is 55.9 Å². The zero-order chi connectivity index (χ0) is 27.8. The molecule has 0 amide bonds. The molecule has 202 valence electrons. The molecule has 0 saturated carbocycles. The average molecular weight is 526 g/mol. The smallest absolute Gasteiger partial charge is 0.336 e. The van der Waals surface area contributed by atoms with E-state index in [2.05, 4.69) is 10.6 Å². The third kappa shape index (κ3) is 6.36. The molecule has 3 N–H and O–H groups in total. The minimum absolute atomic E-state index is 0.105. The third-order valence-corrected chi connectivity index (χ3v) is 6.14. The lowest BCUT2D eigenvalue weighted by Crippen LogP contribution is -2.32. The minimum Gasteiger partial charge on any atom is -0.492 e. The number of nitro groups is 1. The monoisotopic (exact) mass is 525 g/mol. The Labute approximate surface area is 220 Å². The molecule has 0 spiro atoms. The predicted octanol–water partition coefficient (Wildman–Crippen LogP) is 2.88. The van der Waals surface area contributed by atoms with Gasteiger partial charge in [-0.25, -0.2) is 9.59 Å². The molecule has 1 atom stereocenters. The Hall–Kier alpha value is -4.22. The normalized spacial score (nSPS) is 14.6. The Morgan fingerprint density at radius 3 is 2.21 bits per heavy atom. The van der Waals surface area contributed by atoms with Gasteiger partial charge in [-0.1, -0.05) is 30.3 Å². The maximum Gasteiger partial charge on any atom is 0.336 e. The highest BCUT2D eigenvalue weighted by molar-refractivity contribution is 6.00. The first-order valence-electron chi connectivity index (χ1n) is 11.9. The summed E-state index contributed by atoms with van der Waals surface area (Å²) in [5.74, 6) is -2.21. The number of ether oxygens (including phenoxy) is 3. The van der Waals surface area contributed by atoms with E-state index in [9.17, 15) is 24.8 Å². The topological polar surface area (TPSA) is 149 Å². The van der Waals surface area contributed by atoms with E-state index in [0.717, 1.165) is 5.56 Å². The van der Waals surface area contributed by atoms with Gasteiger partial charge in [-0.3, -0.25) is 10.1 Å². The number of nitrogens with one attached hydrogen (secondary N) is 2. The molecule has 1 heterocycles. The van der Waals surface area contributed by atoms with E-state index in [0.29, 0.717) is 17.9 Å². The van der Waals surface area contributed by atoms with E-state index in [4.69, 9.17) is 14.2 Å². The number of methoxy groups -OCH3 is 2. The Bertz CT molecular complexity index is 1220. The van der Waals surface area contributed by atoms with E-state index < -0.39 is 28.9 Å². The zero-order valence-electron chi connectivity index (χ0n) is 21.6. The quantitative estimate of drug-likeness (QED) is 0.173. The number of carbonyl (C=O) groups excluding carboxylic acids is 2. The van der Waals surface area contributed by atoms with Gasteiger partial charge in [0.25, 0.3) is 5.69 Å². The highest BCUT2D eigenvalue weighted by Gasteiger charge is 2.39. The number of non-ortho nitro benzene ring substituents is 1. The predicted molar refractivity (Wildman–Crippen MR) is 138 cm³/mol. The average Bonchev–Trinajstić information content (AvgIpc) is 2.92. The van der Waals surface area contributed by atoms with Gasteiger partial charge in [0.15, 0.2) is 0 Å². The number of dihydropyridines is 1. The van der Waals surface area contributed by atoms with Crippen molar-refractivity contribution in [2.45, 2.75) is 25.9 Å². The first kappa shape index (κ1) is 28.4. The van der Waals surface area contributed by atoms with Crippen molar-refractivity contribution in [3.8, 4) is 5.75 Å². The van der Waals surface area contributed by atoms with Gasteiger partial charge in [0.05, 0.1) is 42.3 Å². The molecule has 11 nitrogen and oxygen atoms in total. The van der Waals surface area contributed by atoms with E-state index in [1.165, 1.54) is 32.4 Å². The van der Waals surface area contributed by atoms with Gasteiger partial charge >= 0.3 is 11.9 Å².